The first-order chi connectivity index (χ1) is 14.1. The number of para-hydroxylation sites is 1. The van der Waals surface area contributed by atoms with E-state index < -0.39 is 0 Å². The molecule has 2 aromatic carbocycles. The van der Waals surface area contributed by atoms with Crippen molar-refractivity contribution >= 4 is 16.8 Å². The first kappa shape index (κ1) is 19.5. The fourth-order valence-electron chi connectivity index (χ4n) is 3.67. The molecule has 0 bridgehead atoms. The number of nitrogens with zero attached hydrogens (tertiary/aromatic N) is 2. The number of amides is 1. The third kappa shape index (κ3) is 4.44. The van der Waals surface area contributed by atoms with Crippen molar-refractivity contribution in [2.75, 3.05) is 39.4 Å². The van der Waals surface area contributed by atoms with Crippen molar-refractivity contribution in [3.63, 3.8) is 0 Å². The average Bonchev–Trinajstić information content (AvgIpc) is 2.74. The second kappa shape index (κ2) is 8.68. The van der Waals surface area contributed by atoms with Crippen LogP contribution in [0, 0.1) is 12.7 Å². The van der Waals surface area contributed by atoms with Gasteiger partial charge in [-0.1, -0.05) is 30.3 Å². The van der Waals surface area contributed by atoms with Crippen LogP contribution in [0.3, 0.4) is 0 Å². The lowest BCUT2D eigenvalue weighted by atomic mass is 9.98. The zero-order valence-corrected chi connectivity index (χ0v) is 16.5. The summed E-state index contributed by atoms with van der Waals surface area (Å²) in [7, 11) is 0. The molecule has 1 aliphatic rings. The smallest absolute Gasteiger partial charge is 0.252 e. The molecule has 1 aromatic heterocycles. The van der Waals surface area contributed by atoms with Gasteiger partial charge in [-0.25, -0.2) is 4.39 Å². The highest BCUT2D eigenvalue weighted by molar-refractivity contribution is 6.09. The molecule has 0 spiro atoms. The van der Waals surface area contributed by atoms with Gasteiger partial charge in [-0.3, -0.25) is 14.7 Å². The Hall–Kier alpha value is -2.83. The van der Waals surface area contributed by atoms with Gasteiger partial charge in [0.1, 0.15) is 5.82 Å². The maximum Gasteiger partial charge on any atom is 0.252 e. The van der Waals surface area contributed by atoms with Gasteiger partial charge >= 0.3 is 0 Å². The van der Waals surface area contributed by atoms with E-state index in [1.165, 1.54) is 12.1 Å². The highest BCUT2D eigenvalue weighted by Gasteiger charge is 2.16. The molecule has 0 radical (unpaired) electrons. The van der Waals surface area contributed by atoms with E-state index in [0.717, 1.165) is 60.6 Å². The van der Waals surface area contributed by atoms with Gasteiger partial charge in [-0.15, -0.1) is 0 Å². The first-order valence-electron chi connectivity index (χ1n) is 9.86. The minimum absolute atomic E-state index is 0.106. The standard InChI is InChI=1S/C23H24FN3O2/c1-16-15-21(23(28)25-9-10-27-11-13-29-14-12-27)20-4-2-3-19(22(20)26-16)17-5-7-18(24)8-6-17/h2-8,15H,9-14H2,1H3,(H,25,28). The molecule has 1 amide bonds. The molecule has 0 unspecified atom stereocenters. The number of halogens is 1. The van der Waals surface area contributed by atoms with E-state index in [1.807, 2.05) is 31.2 Å². The molecular formula is C23H24FN3O2. The van der Waals surface area contributed by atoms with Crippen molar-refractivity contribution in [2.24, 2.45) is 0 Å². The Morgan fingerprint density at radius 2 is 1.93 bits per heavy atom. The van der Waals surface area contributed by atoms with Gasteiger partial charge in [0.15, 0.2) is 0 Å². The number of morpholine rings is 1. The summed E-state index contributed by atoms with van der Waals surface area (Å²) in [6.07, 6.45) is 0. The monoisotopic (exact) mass is 393 g/mol. The van der Waals surface area contributed by atoms with Crippen LogP contribution in [0.4, 0.5) is 4.39 Å². The summed E-state index contributed by atoms with van der Waals surface area (Å²) < 4.78 is 18.7. The molecule has 29 heavy (non-hydrogen) atoms. The summed E-state index contributed by atoms with van der Waals surface area (Å²) in [5, 5.41) is 3.83. The highest BCUT2D eigenvalue weighted by atomic mass is 19.1. The predicted octanol–water partition coefficient (Wildman–Crippen LogP) is 3.41. The number of nitrogens with one attached hydrogen (secondary N) is 1. The molecule has 150 valence electrons. The number of carbonyl (C=O) groups is 1. The van der Waals surface area contributed by atoms with Crippen molar-refractivity contribution in [1.82, 2.24) is 15.2 Å². The fraction of sp³-hybridized carbons (Fsp3) is 0.304. The number of hydrogen-bond acceptors (Lipinski definition) is 4. The van der Waals surface area contributed by atoms with Crippen LogP contribution < -0.4 is 5.32 Å². The number of hydrogen-bond donors (Lipinski definition) is 1. The molecule has 2 heterocycles. The number of pyridine rings is 1. The van der Waals surface area contributed by atoms with E-state index in [4.69, 9.17) is 4.74 Å². The number of aryl methyl sites for hydroxylation is 1. The quantitative estimate of drug-likeness (QED) is 0.722. The van der Waals surface area contributed by atoms with Crippen molar-refractivity contribution in [1.29, 1.82) is 0 Å². The highest BCUT2D eigenvalue weighted by Crippen LogP contribution is 2.29. The van der Waals surface area contributed by atoms with Gasteiger partial charge in [0, 0.05) is 42.8 Å². The minimum Gasteiger partial charge on any atom is -0.379 e. The summed E-state index contributed by atoms with van der Waals surface area (Å²) in [6.45, 7) is 6.55. The number of ether oxygens (including phenoxy) is 1. The topological polar surface area (TPSA) is 54.5 Å². The summed E-state index contributed by atoms with van der Waals surface area (Å²) >= 11 is 0. The van der Waals surface area contributed by atoms with Gasteiger partial charge in [0.25, 0.3) is 5.91 Å². The van der Waals surface area contributed by atoms with Crippen LogP contribution in [0.15, 0.2) is 48.5 Å². The Morgan fingerprint density at radius 1 is 1.17 bits per heavy atom. The summed E-state index contributed by atoms with van der Waals surface area (Å²) in [6, 6.07) is 13.9. The number of aromatic nitrogens is 1. The molecule has 4 rings (SSSR count). The van der Waals surface area contributed by atoms with Crippen LogP contribution in [0.1, 0.15) is 16.1 Å². The first-order valence-corrected chi connectivity index (χ1v) is 9.86. The normalized spacial score (nSPS) is 14.8. The second-order valence-corrected chi connectivity index (χ2v) is 7.23. The van der Waals surface area contributed by atoms with Crippen LogP contribution in [0.25, 0.3) is 22.0 Å². The second-order valence-electron chi connectivity index (χ2n) is 7.23. The maximum absolute atomic E-state index is 13.3. The Labute approximate surface area is 169 Å². The fourth-order valence-corrected chi connectivity index (χ4v) is 3.67. The molecular weight excluding hydrogens is 369 g/mol. The summed E-state index contributed by atoms with van der Waals surface area (Å²) in [5.74, 6) is -0.386. The van der Waals surface area contributed by atoms with Crippen molar-refractivity contribution in [3.05, 3.63) is 65.6 Å². The molecule has 6 heteroatoms. The summed E-state index contributed by atoms with van der Waals surface area (Å²) in [5.41, 5.74) is 3.88. The van der Waals surface area contributed by atoms with Gasteiger partial charge in [0.2, 0.25) is 0 Å². The number of fused-ring (bicyclic) bond motifs is 1. The maximum atomic E-state index is 13.3. The van der Waals surface area contributed by atoms with E-state index in [0.29, 0.717) is 12.1 Å². The van der Waals surface area contributed by atoms with Gasteiger partial charge in [-0.05, 0) is 30.7 Å². The van der Waals surface area contributed by atoms with E-state index >= 15 is 0 Å². The molecule has 3 aromatic rings. The molecule has 1 saturated heterocycles. The van der Waals surface area contributed by atoms with Gasteiger partial charge < -0.3 is 10.1 Å². The lowest BCUT2D eigenvalue weighted by Gasteiger charge is -2.26. The van der Waals surface area contributed by atoms with E-state index in [-0.39, 0.29) is 11.7 Å². The van der Waals surface area contributed by atoms with Gasteiger partial charge in [0.05, 0.1) is 24.3 Å². The average molecular weight is 393 g/mol. The lowest BCUT2D eigenvalue weighted by Crippen LogP contribution is -2.41. The molecule has 0 saturated carbocycles. The van der Waals surface area contributed by atoms with Crippen LogP contribution >= 0.6 is 0 Å². The van der Waals surface area contributed by atoms with Crippen LogP contribution in [0.5, 0.6) is 0 Å². The SMILES string of the molecule is Cc1cc(C(=O)NCCN2CCOCC2)c2cccc(-c3ccc(F)cc3)c2n1. The van der Waals surface area contributed by atoms with Crippen LogP contribution in [-0.2, 0) is 4.74 Å². The number of rotatable bonds is 5. The zero-order valence-electron chi connectivity index (χ0n) is 16.5. The Morgan fingerprint density at radius 3 is 2.69 bits per heavy atom. The predicted molar refractivity (Wildman–Crippen MR) is 111 cm³/mol. The number of benzene rings is 2. The van der Waals surface area contributed by atoms with Crippen molar-refractivity contribution in [3.8, 4) is 11.1 Å². The third-order valence-corrected chi connectivity index (χ3v) is 5.18. The molecule has 5 nitrogen and oxygen atoms in total. The third-order valence-electron chi connectivity index (χ3n) is 5.18. The Kier molecular flexibility index (Phi) is 5.83. The van der Waals surface area contributed by atoms with E-state index in [2.05, 4.69) is 15.2 Å². The van der Waals surface area contributed by atoms with E-state index in [1.54, 1.807) is 12.1 Å². The van der Waals surface area contributed by atoms with E-state index in [9.17, 15) is 9.18 Å². The Balaban J connectivity index is 1.60. The minimum atomic E-state index is -0.279. The molecule has 1 aliphatic heterocycles. The van der Waals surface area contributed by atoms with Crippen molar-refractivity contribution in [2.45, 2.75) is 6.92 Å². The number of carbonyl (C=O) groups excluding carboxylic acids is 1. The zero-order chi connectivity index (χ0) is 20.2. The Bertz CT molecular complexity index is 1010. The molecule has 1 N–H and O–H groups in total. The largest absolute Gasteiger partial charge is 0.379 e. The molecule has 0 atom stereocenters. The van der Waals surface area contributed by atoms with Crippen LogP contribution in [0.2, 0.25) is 0 Å². The molecule has 0 aliphatic carbocycles. The van der Waals surface area contributed by atoms with Crippen LogP contribution in [-0.4, -0.2) is 55.2 Å². The van der Waals surface area contributed by atoms with Gasteiger partial charge in [-0.2, -0.15) is 0 Å². The van der Waals surface area contributed by atoms with Crippen molar-refractivity contribution < 1.29 is 13.9 Å². The summed E-state index contributed by atoms with van der Waals surface area (Å²) in [4.78, 5) is 19.9. The lowest BCUT2D eigenvalue weighted by molar-refractivity contribution is 0.0383. The molecule has 1 fully saturated rings.